The summed E-state index contributed by atoms with van der Waals surface area (Å²) in [4.78, 5) is 0. The molecule has 0 atom stereocenters. The summed E-state index contributed by atoms with van der Waals surface area (Å²) >= 11 is 0. The van der Waals surface area contributed by atoms with Crippen molar-refractivity contribution in [3.8, 4) is 5.63 Å². The Labute approximate surface area is 32.5 Å². The van der Waals surface area contributed by atoms with Crippen molar-refractivity contribution >= 4 is 7.92 Å². The molecule has 2 heteroatoms. The standard InChI is InChI=1S/C3H5OP/c1-2-3-5-4/h2H2,1H3. The zero-order chi connectivity index (χ0) is 4.12. The van der Waals surface area contributed by atoms with Gasteiger partial charge < -0.3 is 0 Å². The van der Waals surface area contributed by atoms with Gasteiger partial charge in [0.25, 0.3) is 0 Å². The fraction of sp³-hybridized carbons (Fsp3) is 0.667. The van der Waals surface area contributed by atoms with Crippen LogP contribution in [0.15, 0.2) is 0 Å². The summed E-state index contributed by atoms with van der Waals surface area (Å²) in [6.45, 7) is 1.89. The molecule has 0 heterocycles. The van der Waals surface area contributed by atoms with Crippen molar-refractivity contribution in [1.29, 1.82) is 0 Å². The third-order valence-corrected chi connectivity index (χ3v) is 0.668. The topological polar surface area (TPSA) is 17.1 Å². The van der Waals surface area contributed by atoms with E-state index in [0.717, 1.165) is 6.42 Å². The zero-order valence-corrected chi connectivity index (χ0v) is 3.96. The van der Waals surface area contributed by atoms with Crippen molar-refractivity contribution in [1.82, 2.24) is 0 Å². The van der Waals surface area contributed by atoms with Crippen molar-refractivity contribution in [2.75, 3.05) is 0 Å². The summed E-state index contributed by atoms with van der Waals surface area (Å²) in [6, 6.07) is 0. The molecule has 0 aromatic rings. The fourth-order valence-corrected chi connectivity index (χ4v) is 0.194. The van der Waals surface area contributed by atoms with E-state index in [2.05, 4.69) is 5.63 Å². The van der Waals surface area contributed by atoms with Crippen LogP contribution in [-0.2, 0) is 4.57 Å². The minimum atomic E-state index is 0.0297. The van der Waals surface area contributed by atoms with Gasteiger partial charge in [-0.3, -0.25) is 0 Å². The molecule has 0 saturated heterocycles. The first-order valence-corrected chi connectivity index (χ1v) is 2.28. The average molecular weight is 88.0 g/mol. The van der Waals surface area contributed by atoms with Gasteiger partial charge in [0, 0.05) is 0 Å². The predicted molar refractivity (Wildman–Crippen MR) is 21.8 cm³/mol. The third kappa shape index (κ3) is 4.01. The van der Waals surface area contributed by atoms with Gasteiger partial charge in [0.2, 0.25) is 0 Å². The number of rotatable bonds is 0. The van der Waals surface area contributed by atoms with Crippen LogP contribution in [0.5, 0.6) is 0 Å². The molecule has 0 aliphatic heterocycles. The molecule has 28 valence electrons. The monoisotopic (exact) mass is 88.0 g/mol. The number of hydrogen-bond acceptors (Lipinski definition) is 1. The molecule has 0 amide bonds. The summed E-state index contributed by atoms with van der Waals surface area (Å²) in [5, 5.41) is 0. The van der Waals surface area contributed by atoms with Gasteiger partial charge in [-0.05, 0) is 0 Å². The van der Waals surface area contributed by atoms with Crippen LogP contribution in [0.1, 0.15) is 13.3 Å². The molecule has 0 rings (SSSR count). The van der Waals surface area contributed by atoms with E-state index in [1.165, 1.54) is 0 Å². The van der Waals surface area contributed by atoms with E-state index in [1.807, 2.05) is 6.92 Å². The van der Waals surface area contributed by atoms with E-state index in [0.29, 0.717) is 0 Å². The van der Waals surface area contributed by atoms with Crippen molar-refractivity contribution in [2.45, 2.75) is 13.3 Å². The van der Waals surface area contributed by atoms with Gasteiger partial charge >= 0.3 is 31.5 Å². The number of hydrogen-bond donors (Lipinski definition) is 0. The predicted octanol–water partition coefficient (Wildman–Crippen LogP) is 1.65. The van der Waals surface area contributed by atoms with Crippen LogP contribution in [-0.4, -0.2) is 0 Å². The van der Waals surface area contributed by atoms with E-state index < -0.39 is 0 Å². The first-order chi connectivity index (χ1) is 2.41. The summed E-state index contributed by atoms with van der Waals surface area (Å²) in [7, 11) is 0.0297. The first kappa shape index (κ1) is 5.01. The molecule has 5 heavy (non-hydrogen) atoms. The Hall–Kier alpha value is 0.01000. The molecule has 0 N–H and O–H groups in total. The second kappa shape index (κ2) is 4.01. The molecular weight excluding hydrogens is 83.0 g/mol. The second-order valence-corrected chi connectivity index (χ2v) is 1.10. The van der Waals surface area contributed by atoms with Crippen LogP contribution >= 0.6 is 7.92 Å². The van der Waals surface area contributed by atoms with Crippen molar-refractivity contribution in [2.24, 2.45) is 0 Å². The summed E-state index contributed by atoms with van der Waals surface area (Å²) in [5.41, 5.74) is 2.53. The summed E-state index contributed by atoms with van der Waals surface area (Å²) < 4.78 is 9.39. The quantitative estimate of drug-likeness (QED) is 0.411. The second-order valence-electron chi connectivity index (χ2n) is 0.603. The van der Waals surface area contributed by atoms with Crippen LogP contribution in [0.25, 0.3) is 0 Å². The van der Waals surface area contributed by atoms with Gasteiger partial charge in [-0.1, -0.05) is 0 Å². The zero-order valence-electron chi connectivity index (χ0n) is 3.06. The Morgan fingerprint density at radius 1 is 2.00 bits per heavy atom. The first-order valence-electron chi connectivity index (χ1n) is 1.47. The molecule has 0 radical (unpaired) electrons. The van der Waals surface area contributed by atoms with Gasteiger partial charge in [-0.2, -0.15) is 0 Å². The Balaban J connectivity index is 3.17. The molecule has 0 unspecified atom stereocenters. The van der Waals surface area contributed by atoms with Crippen LogP contribution in [0.2, 0.25) is 0 Å². The van der Waals surface area contributed by atoms with E-state index in [4.69, 9.17) is 0 Å². The molecule has 0 aromatic carbocycles. The molecule has 0 aliphatic carbocycles. The van der Waals surface area contributed by atoms with Gasteiger partial charge in [-0.15, -0.1) is 0 Å². The molecule has 0 aromatic heterocycles. The van der Waals surface area contributed by atoms with Crippen LogP contribution in [0.3, 0.4) is 0 Å². The SMILES string of the molecule is CCC#P=O. The Morgan fingerprint density at radius 3 is 2.60 bits per heavy atom. The maximum atomic E-state index is 9.39. The van der Waals surface area contributed by atoms with Gasteiger partial charge in [0.05, 0.1) is 0 Å². The van der Waals surface area contributed by atoms with Crippen LogP contribution < -0.4 is 0 Å². The molecule has 0 saturated carbocycles. The van der Waals surface area contributed by atoms with E-state index in [1.54, 1.807) is 0 Å². The van der Waals surface area contributed by atoms with Gasteiger partial charge in [0.1, 0.15) is 0 Å². The van der Waals surface area contributed by atoms with Crippen molar-refractivity contribution in [3.63, 3.8) is 0 Å². The van der Waals surface area contributed by atoms with E-state index >= 15 is 0 Å². The van der Waals surface area contributed by atoms with Crippen molar-refractivity contribution in [3.05, 3.63) is 0 Å². The average Bonchev–Trinajstić information content (AvgIpc) is 1.41. The van der Waals surface area contributed by atoms with Crippen LogP contribution in [0, 0.1) is 5.63 Å². The van der Waals surface area contributed by atoms with E-state index in [9.17, 15) is 4.57 Å². The molecular formula is C3H5OP. The fourth-order valence-electron chi connectivity index (χ4n) is 0.0645. The van der Waals surface area contributed by atoms with Gasteiger partial charge in [0.15, 0.2) is 0 Å². The van der Waals surface area contributed by atoms with Crippen LogP contribution in [0.4, 0.5) is 0 Å². The minimum absolute atomic E-state index is 0.0297. The Kier molecular flexibility index (Phi) is 4.02. The molecule has 0 spiro atoms. The molecule has 0 aliphatic rings. The van der Waals surface area contributed by atoms with Crippen molar-refractivity contribution < 1.29 is 4.57 Å². The molecule has 1 nitrogen and oxygen atoms in total. The summed E-state index contributed by atoms with van der Waals surface area (Å²) in [5.74, 6) is 0. The van der Waals surface area contributed by atoms with E-state index in [-0.39, 0.29) is 7.92 Å². The molecule has 0 fully saturated rings. The Morgan fingerprint density at radius 2 is 2.60 bits per heavy atom. The Bertz CT molecular complexity index is 88.4. The normalized spacial score (nSPS) is 5.80. The molecule has 0 bridgehead atoms. The van der Waals surface area contributed by atoms with Gasteiger partial charge in [-0.25, -0.2) is 0 Å². The third-order valence-electron chi connectivity index (χ3n) is 0.223. The summed E-state index contributed by atoms with van der Waals surface area (Å²) in [6.07, 6.45) is 0.769. The maximum absolute atomic E-state index is 9.39.